The van der Waals surface area contributed by atoms with E-state index in [-0.39, 0.29) is 11.8 Å². The van der Waals surface area contributed by atoms with E-state index in [9.17, 15) is 9.59 Å². The standard InChI is InChI=1S/C22H23BrN4O3/c1-15-20(23)16(2)27(24-15)14-17-5-7-18(8-6-17)21(28)25-9-11-26(12-10-25)22(29)19-4-3-13-30-19/h3-8,13H,9-12,14H2,1-2H3. The van der Waals surface area contributed by atoms with Crippen LogP contribution in [0.25, 0.3) is 0 Å². The summed E-state index contributed by atoms with van der Waals surface area (Å²) in [7, 11) is 0. The van der Waals surface area contributed by atoms with Crippen LogP contribution in [0.2, 0.25) is 0 Å². The van der Waals surface area contributed by atoms with E-state index in [2.05, 4.69) is 21.0 Å². The van der Waals surface area contributed by atoms with Crippen LogP contribution in [0.3, 0.4) is 0 Å². The van der Waals surface area contributed by atoms with E-state index in [0.717, 1.165) is 21.4 Å². The lowest BCUT2D eigenvalue weighted by Crippen LogP contribution is -2.50. The molecule has 0 unspecified atom stereocenters. The third kappa shape index (κ3) is 4.05. The molecule has 1 fully saturated rings. The number of aryl methyl sites for hydroxylation is 1. The summed E-state index contributed by atoms with van der Waals surface area (Å²) in [5.74, 6) is 0.188. The third-order valence-corrected chi connectivity index (χ3v) is 6.56. The number of carbonyl (C=O) groups is 2. The second-order valence-electron chi connectivity index (χ2n) is 7.40. The number of aromatic nitrogens is 2. The van der Waals surface area contributed by atoms with Crippen LogP contribution < -0.4 is 0 Å². The van der Waals surface area contributed by atoms with Gasteiger partial charge in [-0.2, -0.15) is 5.10 Å². The number of hydrogen-bond donors (Lipinski definition) is 0. The minimum absolute atomic E-state index is 0.0134. The van der Waals surface area contributed by atoms with E-state index in [1.165, 1.54) is 6.26 Å². The van der Waals surface area contributed by atoms with Gasteiger partial charge in [0.15, 0.2) is 5.76 Å². The Balaban J connectivity index is 1.36. The lowest BCUT2D eigenvalue weighted by atomic mass is 10.1. The van der Waals surface area contributed by atoms with Crippen LogP contribution >= 0.6 is 15.9 Å². The molecule has 0 radical (unpaired) electrons. The molecule has 3 aromatic rings. The van der Waals surface area contributed by atoms with Gasteiger partial charge in [-0.05, 0) is 59.6 Å². The fourth-order valence-corrected chi connectivity index (χ4v) is 3.89. The molecule has 0 aliphatic carbocycles. The van der Waals surface area contributed by atoms with E-state index in [0.29, 0.717) is 44.0 Å². The fraction of sp³-hybridized carbons (Fsp3) is 0.318. The van der Waals surface area contributed by atoms with Crippen molar-refractivity contribution in [3.05, 3.63) is 75.4 Å². The Morgan fingerprint density at radius 3 is 2.17 bits per heavy atom. The van der Waals surface area contributed by atoms with Crippen molar-refractivity contribution >= 4 is 27.7 Å². The van der Waals surface area contributed by atoms with Gasteiger partial charge in [0.1, 0.15) is 0 Å². The number of benzene rings is 1. The number of amides is 2. The van der Waals surface area contributed by atoms with E-state index < -0.39 is 0 Å². The second-order valence-corrected chi connectivity index (χ2v) is 8.19. The molecule has 3 heterocycles. The molecule has 1 saturated heterocycles. The van der Waals surface area contributed by atoms with Gasteiger partial charge in [0.2, 0.25) is 0 Å². The smallest absolute Gasteiger partial charge is 0.289 e. The van der Waals surface area contributed by atoms with Crippen molar-refractivity contribution in [3.8, 4) is 0 Å². The van der Waals surface area contributed by atoms with Gasteiger partial charge in [0, 0.05) is 31.7 Å². The molecule has 2 aromatic heterocycles. The summed E-state index contributed by atoms with van der Waals surface area (Å²) in [4.78, 5) is 28.7. The van der Waals surface area contributed by atoms with Crippen LogP contribution in [0.15, 0.2) is 51.6 Å². The molecule has 0 atom stereocenters. The van der Waals surface area contributed by atoms with E-state index in [4.69, 9.17) is 4.42 Å². The molecule has 0 saturated carbocycles. The van der Waals surface area contributed by atoms with Crippen LogP contribution in [0.5, 0.6) is 0 Å². The van der Waals surface area contributed by atoms with Crippen molar-refractivity contribution < 1.29 is 14.0 Å². The van der Waals surface area contributed by atoms with Gasteiger partial charge in [-0.15, -0.1) is 0 Å². The Hall–Kier alpha value is -2.87. The molecule has 1 aliphatic heterocycles. The molecule has 8 heteroatoms. The van der Waals surface area contributed by atoms with Crippen LogP contribution in [0, 0.1) is 13.8 Å². The topological polar surface area (TPSA) is 71.6 Å². The molecule has 7 nitrogen and oxygen atoms in total. The molecule has 1 aromatic carbocycles. The Labute approximate surface area is 183 Å². The highest BCUT2D eigenvalue weighted by molar-refractivity contribution is 9.10. The van der Waals surface area contributed by atoms with Crippen LogP contribution in [-0.4, -0.2) is 57.6 Å². The minimum Gasteiger partial charge on any atom is -0.459 e. The van der Waals surface area contributed by atoms with Crippen molar-refractivity contribution in [2.45, 2.75) is 20.4 Å². The Bertz CT molecular complexity index is 1050. The number of carbonyl (C=O) groups excluding carboxylic acids is 2. The van der Waals surface area contributed by atoms with Gasteiger partial charge >= 0.3 is 0 Å². The predicted octanol–water partition coefficient (Wildman–Crippen LogP) is 3.50. The number of piperazine rings is 1. The number of halogens is 1. The highest BCUT2D eigenvalue weighted by atomic mass is 79.9. The molecule has 0 spiro atoms. The van der Waals surface area contributed by atoms with Gasteiger partial charge in [-0.3, -0.25) is 14.3 Å². The summed E-state index contributed by atoms with van der Waals surface area (Å²) in [5, 5.41) is 4.53. The lowest BCUT2D eigenvalue weighted by Gasteiger charge is -2.34. The summed E-state index contributed by atoms with van der Waals surface area (Å²) in [5.41, 5.74) is 3.77. The number of rotatable bonds is 4. The summed E-state index contributed by atoms with van der Waals surface area (Å²) >= 11 is 3.55. The largest absolute Gasteiger partial charge is 0.459 e. The zero-order valence-corrected chi connectivity index (χ0v) is 18.6. The molecule has 0 N–H and O–H groups in total. The Kier molecular flexibility index (Phi) is 5.76. The van der Waals surface area contributed by atoms with Crippen molar-refractivity contribution in [3.63, 3.8) is 0 Å². The summed E-state index contributed by atoms with van der Waals surface area (Å²) in [6, 6.07) is 11.0. The zero-order chi connectivity index (χ0) is 21.3. The lowest BCUT2D eigenvalue weighted by molar-refractivity contribution is 0.0518. The second kappa shape index (κ2) is 8.47. The predicted molar refractivity (Wildman–Crippen MR) is 115 cm³/mol. The molecular formula is C22H23BrN4O3. The number of hydrogen-bond acceptors (Lipinski definition) is 4. The zero-order valence-electron chi connectivity index (χ0n) is 17.0. The average molecular weight is 471 g/mol. The van der Waals surface area contributed by atoms with Crippen LogP contribution in [-0.2, 0) is 6.54 Å². The van der Waals surface area contributed by atoms with Crippen molar-refractivity contribution in [2.75, 3.05) is 26.2 Å². The minimum atomic E-state index is -0.132. The maximum absolute atomic E-state index is 12.9. The SMILES string of the molecule is Cc1nn(Cc2ccc(C(=O)N3CCN(C(=O)c4ccco4)CC3)cc2)c(C)c1Br. The molecule has 30 heavy (non-hydrogen) atoms. The first-order valence-corrected chi connectivity index (χ1v) is 10.6. The average Bonchev–Trinajstić information content (AvgIpc) is 3.39. The van der Waals surface area contributed by atoms with Crippen molar-refractivity contribution in [1.82, 2.24) is 19.6 Å². The maximum atomic E-state index is 12.9. The molecule has 4 rings (SSSR count). The van der Waals surface area contributed by atoms with Crippen molar-refractivity contribution in [2.24, 2.45) is 0 Å². The molecule has 2 amide bonds. The van der Waals surface area contributed by atoms with E-state index in [1.807, 2.05) is 42.8 Å². The van der Waals surface area contributed by atoms with Gasteiger partial charge in [-0.1, -0.05) is 12.1 Å². The number of nitrogens with zero attached hydrogens (tertiary/aromatic N) is 4. The Morgan fingerprint density at radius 2 is 1.63 bits per heavy atom. The van der Waals surface area contributed by atoms with E-state index >= 15 is 0 Å². The molecule has 1 aliphatic rings. The third-order valence-electron chi connectivity index (χ3n) is 5.41. The fourth-order valence-electron chi connectivity index (χ4n) is 3.61. The highest BCUT2D eigenvalue weighted by Gasteiger charge is 2.26. The highest BCUT2D eigenvalue weighted by Crippen LogP contribution is 2.21. The molecule has 156 valence electrons. The van der Waals surface area contributed by atoms with Gasteiger partial charge in [-0.25, -0.2) is 0 Å². The first-order chi connectivity index (χ1) is 14.4. The first-order valence-electron chi connectivity index (χ1n) is 9.84. The van der Waals surface area contributed by atoms with Gasteiger partial charge in [0.25, 0.3) is 11.8 Å². The van der Waals surface area contributed by atoms with Crippen LogP contribution in [0.1, 0.15) is 37.9 Å². The van der Waals surface area contributed by atoms with Crippen molar-refractivity contribution in [1.29, 1.82) is 0 Å². The Morgan fingerprint density at radius 1 is 1.00 bits per heavy atom. The van der Waals surface area contributed by atoms with Crippen LogP contribution in [0.4, 0.5) is 0 Å². The monoisotopic (exact) mass is 470 g/mol. The van der Waals surface area contributed by atoms with Gasteiger partial charge in [0.05, 0.1) is 28.7 Å². The maximum Gasteiger partial charge on any atom is 0.289 e. The summed E-state index contributed by atoms with van der Waals surface area (Å²) < 4.78 is 8.16. The molecule has 0 bridgehead atoms. The molecular weight excluding hydrogens is 448 g/mol. The van der Waals surface area contributed by atoms with E-state index in [1.54, 1.807) is 21.9 Å². The first kappa shape index (κ1) is 20.4. The summed E-state index contributed by atoms with van der Waals surface area (Å²) in [6.45, 7) is 6.65. The normalized spacial score (nSPS) is 14.2. The quantitative estimate of drug-likeness (QED) is 0.584. The summed E-state index contributed by atoms with van der Waals surface area (Å²) in [6.07, 6.45) is 1.49. The van der Waals surface area contributed by atoms with Gasteiger partial charge < -0.3 is 14.2 Å². The number of furan rings is 1.